The van der Waals surface area contributed by atoms with Crippen LogP contribution in [0.2, 0.25) is 0 Å². The number of hydrogen-bond acceptors (Lipinski definition) is 4. The zero-order valence-corrected chi connectivity index (χ0v) is 10.4. The maximum Gasteiger partial charge on any atom is 0.261 e. The summed E-state index contributed by atoms with van der Waals surface area (Å²) in [6, 6.07) is 3.02. The Morgan fingerprint density at radius 2 is 2.00 bits per heavy atom. The Labute approximate surface area is 104 Å². The van der Waals surface area contributed by atoms with Gasteiger partial charge in [-0.25, -0.2) is 0 Å². The van der Waals surface area contributed by atoms with Crippen molar-refractivity contribution in [1.29, 1.82) is 0 Å². The van der Waals surface area contributed by atoms with E-state index >= 15 is 0 Å². The number of halogens is 1. The Balaban J connectivity index is 0.00000225. The van der Waals surface area contributed by atoms with Crippen LogP contribution in [0, 0.1) is 0 Å². The van der Waals surface area contributed by atoms with Crippen LogP contribution < -0.4 is 16.8 Å². The molecule has 0 aromatic carbocycles. The molecule has 5 N–H and O–H groups in total. The van der Waals surface area contributed by atoms with Gasteiger partial charge in [0, 0.05) is 12.6 Å². The number of rotatable bonds is 4. The van der Waals surface area contributed by atoms with Gasteiger partial charge in [0.2, 0.25) is 0 Å². The Hall–Kier alpha value is -1.11. The van der Waals surface area contributed by atoms with Crippen molar-refractivity contribution < 1.29 is 9.59 Å². The van der Waals surface area contributed by atoms with Gasteiger partial charge in [0.15, 0.2) is 0 Å². The summed E-state index contributed by atoms with van der Waals surface area (Å²) in [5.41, 5.74) is 10.4. The van der Waals surface area contributed by atoms with Crippen molar-refractivity contribution in [2.24, 2.45) is 11.5 Å². The highest BCUT2D eigenvalue weighted by Crippen LogP contribution is 2.15. The molecule has 90 valence electrons. The molecule has 16 heavy (non-hydrogen) atoms. The van der Waals surface area contributed by atoms with E-state index in [1.807, 2.05) is 0 Å². The van der Waals surface area contributed by atoms with Crippen LogP contribution in [0.15, 0.2) is 12.1 Å². The van der Waals surface area contributed by atoms with Crippen LogP contribution in [0.25, 0.3) is 0 Å². The van der Waals surface area contributed by atoms with Crippen LogP contribution in [0.1, 0.15) is 26.3 Å². The zero-order valence-electron chi connectivity index (χ0n) is 8.73. The van der Waals surface area contributed by atoms with E-state index in [-0.39, 0.29) is 24.4 Å². The first-order valence-corrected chi connectivity index (χ1v) is 5.26. The Kier molecular flexibility index (Phi) is 6.02. The number of carbonyl (C=O) groups excluding carboxylic acids is 2. The van der Waals surface area contributed by atoms with E-state index in [0.717, 1.165) is 11.3 Å². The summed E-state index contributed by atoms with van der Waals surface area (Å²) in [4.78, 5) is 23.2. The number of carbonyl (C=O) groups is 2. The lowest BCUT2D eigenvalue weighted by atomic mass is 10.3. The molecule has 0 bridgehead atoms. The monoisotopic (exact) mass is 263 g/mol. The molecule has 0 aliphatic rings. The van der Waals surface area contributed by atoms with Gasteiger partial charge in [-0.2, -0.15) is 0 Å². The molecule has 7 heteroatoms. The molecular formula is C9H14ClN3O2S. The lowest BCUT2D eigenvalue weighted by Crippen LogP contribution is -2.37. The number of amides is 2. The highest BCUT2D eigenvalue weighted by molar-refractivity contribution is 7.15. The Bertz CT molecular complexity index is 381. The fourth-order valence-electron chi connectivity index (χ4n) is 0.946. The molecule has 0 aliphatic heterocycles. The highest BCUT2D eigenvalue weighted by Gasteiger charge is 2.12. The van der Waals surface area contributed by atoms with E-state index in [9.17, 15) is 9.59 Å². The van der Waals surface area contributed by atoms with Gasteiger partial charge in [-0.3, -0.25) is 9.59 Å². The second-order valence-electron chi connectivity index (χ2n) is 3.14. The molecule has 1 rings (SSSR count). The molecule has 5 nitrogen and oxygen atoms in total. The van der Waals surface area contributed by atoms with E-state index in [2.05, 4.69) is 5.32 Å². The summed E-state index contributed by atoms with van der Waals surface area (Å²) < 4.78 is 0. The lowest BCUT2D eigenvalue weighted by Gasteiger charge is -2.09. The van der Waals surface area contributed by atoms with Gasteiger partial charge in [-0.15, -0.1) is 23.7 Å². The summed E-state index contributed by atoms with van der Waals surface area (Å²) in [5.74, 6) is -0.753. The number of thiophene rings is 1. The van der Waals surface area contributed by atoms with Crippen molar-refractivity contribution in [3.63, 3.8) is 0 Å². The molecule has 0 unspecified atom stereocenters. The van der Waals surface area contributed by atoms with Crippen molar-refractivity contribution in [2.75, 3.05) is 6.54 Å². The third kappa shape index (κ3) is 3.80. The summed E-state index contributed by atoms with van der Waals surface area (Å²) in [5, 5.41) is 2.69. The number of nitrogens with one attached hydrogen (secondary N) is 1. The molecule has 1 atom stereocenters. The number of hydrogen-bond donors (Lipinski definition) is 3. The summed E-state index contributed by atoms with van der Waals surface area (Å²) in [6.07, 6.45) is 0. The minimum Gasteiger partial charge on any atom is -0.365 e. The van der Waals surface area contributed by atoms with Crippen molar-refractivity contribution >= 4 is 35.6 Å². The molecule has 0 saturated carbocycles. The summed E-state index contributed by atoms with van der Waals surface area (Å²) >= 11 is 1.07. The molecule has 0 fully saturated rings. The molecule has 0 radical (unpaired) electrons. The molecule has 0 spiro atoms. The third-order valence-corrected chi connectivity index (χ3v) is 2.90. The van der Waals surface area contributed by atoms with Gasteiger partial charge < -0.3 is 16.8 Å². The second-order valence-corrected chi connectivity index (χ2v) is 4.22. The Morgan fingerprint density at radius 3 is 2.44 bits per heavy atom. The van der Waals surface area contributed by atoms with Crippen LogP contribution in [-0.2, 0) is 0 Å². The maximum absolute atomic E-state index is 11.5. The second kappa shape index (κ2) is 6.47. The van der Waals surface area contributed by atoms with Crippen molar-refractivity contribution in [3.8, 4) is 0 Å². The first-order valence-electron chi connectivity index (χ1n) is 4.45. The predicted octanol–water partition coefficient (Wildman–Crippen LogP) is 0.346. The molecule has 1 heterocycles. The van der Waals surface area contributed by atoms with Crippen LogP contribution in [0.3, 0.4) is 0 Å². The van der Waals surface area contributed by atoms with Crippen molar-refractivity contribution in [1.82, 2.24) is 5.32 Å². The van der Waals surface area contributed by atoms with Crippen LogP contribution >= 0.6 is 23.7 Å². The van der Waals surface area contributed by atoms with Gasteiger partial charge in [-0.05, 0) is 19.1 Å². The molecule has 0 aliphatic carbocycles. The van der Waals surface area contributed by atoms with Gasteiger partial charge in [0.05, 0.1) is 9.75 Å². The fraction of sp³-hybridized carbons (Fsp3) is 0.333. The quantitative estimate of drug-likeness (QED) is 0.731. The Morgan fingerprint density at radius 1 is 1.44 bits per heavy atom. The standard InChI is InChI=1S/C9H13N3O2S.ClH/c1-5(4-10)12-9(14)7-3-2-6(15-7)8(11)13;/h2-3,5H,4,10H2,1H3,(H2,11,13)(H,12,14);1H/t5-;/m0./s1. The summed E-state index contributed by atoms with van der Waals surface area (Å²) in [7, 11) is 0. The largest absolute Gasteiger partial charge is 0.365 e. The van der Waals surface area contributed by atoms with Crippen molar-refractivity contribution in [3.05, 3.63) is 21.9 Å². The third-order valence-electron chi connectivity index (χ3n) is 1.80. The van der Waals surface area contributed by atoms with E-state index in [4.69, 9.17) is 11.5 Å². The van der Waals surface area contributed by atoms with Gasteiger partial charge in [0.25, 0.3) is 11.8 Å². The van der Waals surface area contributed by atoms with Gasteiger partial charge >= 0.3 is 0 Å². The normalized spacial score (nSPS) is 11.4. The summed E-state index contributed by atoms with van der Waals surface area (Å²) in [6.45, 7) is 2.18. The minimum atomic E-state index is -0.522. The van der Waals surface area contributed by atoms with Crippen LogP contribution in [0.5, 0.6) is 0 Å². The molecule has 1 aromatic heterocycles. The SMILES string of the molecule is C[C@@H](CN)NC(=O)c1ccc(C(N)=O)s1.Cl. The molecule has 2 amide bonds. The van der Waals surface area contributed by atoms with Crippen LogP contribution in [0.4, 0.5) is 0 Å². The average molecular weight is 264 g/mol. The van der Waals surface area contributed by atoms with Gasteiger partial charge in [-0.1, -0.05) is 0 Å². The molecule has 1 aromatic rings. The number of nitrogens with two attached hydrogens (primary N) is 2. The lowest BCUT2D eigenvalue weighted by molar-refractivity contribution is 0.0944. The fourth-order valence-corrected chi connectivity index (χ4v) is 1.71. The minimum absolute atomic E-state index is 0. The smallest absolute Gasteiger partial charge is 0.261 e. The number of primary amides is 1. The van der Waals surface area contributed by atoms with E-state index < -0.39 is 5.91 Å². The van der Waals surface area contributed by atoms with Crippen molar-refractivity contribution in [2.45, 2.75) is 13.0 Å². The predicted molar refractivity (Wildman–Crippen MR) is 66.1 cm³/mol. The molecule has 0 saturated heterocycles. The van der Waals surface area contributed by atoms with E-state index in [1.165, 1.54) is 6.07 Å². The zero-order chi connectivity index (χ0) is 11.4. The van der Waals surface area contributed by atoms with E-state index in [0.29, 0.717) is 16.3 Å². The van der Waals surface area contributed by atoms with E-state index in [1.54, 1.807) is 13.0 Å². The van der Waals surface area contributed by atoms with Gasteiger partial charge in [0.1, 0.15) is 0 Å². The first kappa shape index (κ1) is 14.9. The molecular weight excluding hydrogens is 250 g/mol. The average Bonchev–Trinajstić information content (AvgIpc) is 2.66. The maximum atomic E-state index is 11.5. The first-order chi connectivity index (χ1) is 7.04. The topological polar surface area (TPSA) is 98.2 Å². The van der Waals surface area contributed by atoms with Crippen LogP contribution in [-0.4, -0.2) is 24.4 Å². The highest BCUT2D eigenvalue weighted by atomic mass is 35.5.